The molecule has 0 spiro atoms. The maximum atomic E-state index is 5.54. The molecule has 1 heterocycles. The van der Waals surface area contributed by atoms with E-state index in [1.165, 1.54) is 0 Å². The summed E-state index contributed by atoms with van der Waals surface area (Å²) in [7, 11) is 1.63. The average Bonchev–Trinajstić information content (AvgIpc) is 2.59. The first kappa shape index (κ1) is 11.1. The van der Waals surface area contributed by atoms with Crippen LogP contribution in [0.2, 0.25) is 0 Å². The van der Waals surface area contributed by atoms with Crippen molar-refractivity contribution in [2.45, 2.75) is 26.5 Å². The Labute approximate surface area is 88.2 Å². The molecule has 0 bridgehead atoms. The fraction of sp³-hybridized carbons (Fsp3) is 0.625. The number of hydrogen-bond donors (Lipinski definition) is 1. The summed E-state index contributed by atoms with van der Waals surface area (Å²) >= 11 is 4.88. The van der Waals surface area contributed by atoms with Crippen molar-refractivity contribution in [3.63, 3.8) is 0 Å². The van der Waals surface area contributed by atoms with Crippen LogP contribution in [0.3, 0.4) is 0 Å². The number of hydrogen-bond acceptors (Lipinski definition) is 4. The highest BCUT2D eigenvalue weighted by Gasteiger charge is 2.19. The summed E-state index contributed by atoms with van der Waals surface area (Å²) in [4.78, 5) is 0.253. The lowest BCUT2D eigenvalue weighted by atomic mass is 10.2. The second-order valence-corrected chi connectivity index (χ2v) is 3.32. The Kier molecular flexibility index (Phi) is 3.54. The molecule has 0 radical (unpaired) electrons. The Morgan fingerprint density at radius 2 is 2.36 bits per heavy atom. The third-order valence-corrected chi connectivity index (χ3v) is 2.24. The summed E-state index contributed by atoms with van der Waals surface area (Å²) < 4.78 is 6.95. The van der Waals surface area contributed by atoms with Gasteiger partial charge in [-0.3, -0.25) is 0 Å². The average molecular weight is 214 g/mol. The van der Waals surface area contributed by atoms with E-state index in [2.05, 4.69) is 10.3 Å². The smallest absolute Gasteiger partial charge is 0.145 e. The lowest BCUT2D eigenvalue weighted by Gasteiger charge is -2.11. The van der Waals surface area contributed by atoms with Gasteiger partial charge in [-0.05, 0) is 13.8 Å². The van der Waals surface area contributed by atoms with Crippen molar-refractivity contribution in [2.75, 3.05) is 7.11 Å². The minimum Gasteiger partial charge on any atom is -0.388 e. The van der Waals surface area contributed by atoms with Crippen LogP contribution in [0.4, 0.5) is 0 Å². The third kappa shape index (κ3) is 1.91. The van der Waals surface area contributed by atoms with E-state index in [1.54, 1.807) is 11.8 Å². The van der Waals surface area contributed by atoms with E-state index in [0.717, 1.165) is 12.2 Å². The maximum absolute atomic E-state index is 5.54. The van der Waals surface area contributed by atoms with Crippen LogP contribution in [0.1, 0.15) is 31.3 Å². The van der Waals surface area contributed by atoms with Crippen molar-refractivity contribution >= 4 is 17.2 Å². The number of ether oxygens (including phenoxy) is 1. The van der Waals surface area contributed by atoms with Gasteiger partial charge in [0.05, 0.1) is 11.8 Å². The van der Waals surface area contributed by atoms with Crippen molar-refractivity contribution in [3.05, 3.63) is 11.4 Å². The van der Waals surface area contributed by atoms with Crippen molar-refractivity contribution < 1.29 is 4.74 Å². The highest BCUT2D eigenvalue weighted by Crippen LogP contribution is 2.18. The molecule has 1 unspecified atom stereocenters. The van der Waals surface area contributed by atoms with Crippen molar-refractivity contribution in [2.24, 2.45) is 5.73 Å². The number of aryl methyl sites for hydroxylation is 1. The molecule has 0 amide bonds. The summed E-state index contributed by atoms with van der Waals surface area (Å²) in [5, 5.41) is 7.87. The lowest BCUT2D eigenvalue weighted by Crippen LogP contribution is -2.16. The van der Waals surface area contributed by atoms with E-state index in [4.69, 9.17) is 22.7 Å². The standard InChI is InChI=1S/C8H14N4OS/c1-4-12-7(5(2)13-3)6(8(9)14)10-11-12/h5H,4H2,1-3H3,(H2,9,14). The summed E-state index contributed by atoms with van der Waals surface area (Å²) in [5.41, 5.74) is 6.92. The fourth-order valence-electron chi connectivity index (χ4n) is 1.24. The second-order valence-electron chi connectivity index (χ2n) is 2.88. The van der Waals surface area contributed by atoms with Gasteiger partial charge in [0, 0.05) is 13.7 Å². The molecule has 2 N–H and O–H groups in total. The van der Waals surface area contributed by atoms with Crippen molar-refractivity contribution in [1.82, 2.24) is 15.0 Å². The van der Waals surface area contributed by atoms with E-state index in [1.807, 2.05) is 13.8 Å². The zero-order chi connectivity index (χ0) is 10.7. The third-order valence-electron chi connectivity index (χ3n) is 2.04. The molecule has 1 aromatic heterocycles. The second kappa shape index (κ2) is 4.47. The largest absolute Gasteiger partial charge is 0.388 e. The Bertz CT molecular complexity index is 336. The maximum Gasteiger partial charge on any atom is 0.145 e. The number of aromatic nitrogens is 3. The molecule has 78 valence electrons. The van der Waals surface area contributed by atoms with Gasteiger partial charge in [0.15, 0.2) is 0 Å². The lowest BCUT2D eigenvalue weighted by molar-refractivity contribution is 0.111. The molecular weight excluding hydrogens is 200 g/mol. The topological polar surface area (TPSA) is 66.0 Å². The fourth-order valence-corrected chi connectivity index (χ4v) is 1.39. The predicted octanol–water partition coefficient (Wildman–Crippen LogP) is 0.640. The van der Waals surface area contributed by atoms with Gasteiger partial charge in [-0.15, -0.1) is 5.10 Å². The quantitative estimate of drug-likeness (QED) is 0.745. The number of methoxy groups -OCH3 is 1. The molecule has 0 aromatic carbocycles. The van der Waals surface area contributed by atoms with Gasteiger partial charge in [0.25, 0.3) is 0 Å². The first-order valence-corrected chi connectivity index (χ1v) is 4.78. The van der Waals surface area contributed by atoms with Gasteiger partial charge in [0.2, 0.25) is 0 Å². The minimum absolute atomic E-state index is 0.110. The van der Waals surface area contributed by atoms with Gasteiger partial charge < -0.3 is 10.5 Å². The molecule has 6 heteroatoms. The number of rotatable bonds is 4. The Morgan fingerprint density at radius 3 is 2.79 bits per heavy atom. The van der Waals surface area contributed by atoms with Gasteiger partial charge in [-0.2, -0.15) is 0 Å². The van der Waals surface area contributed by atoms with Gasteiger partial charge in [0.1, 0.15) is 10.7 Å². The van der Waals surface area contributed by atoms with E-state index in [-0.39, 0.29) is 11.1 Å². The predicted molar refractivity (Wildman–Crippen MR) is 57.0 cm³/mol. The molecule has 1 rings (SSSR count). The Hall–Kier alpha value is -1.01. The van der Waals surface area contributed by atoms with Crippen LogP contribution in [0.25, 0.3) is 0 Å². The van der Waals surface area contributed by atoms with Crippen LogP contribution < -0.4 is 5.73 Å². The first-order valence-electron chi connectivity index (χ1n) is 4.37. The highest BCUT2D eigenvalue weighted by molar-refractivity contribution is 7.80. The van der Waals surface area contributed by atoms with E-state index >= 15 is 0 Å². The molecule has 0 saturated heterocycles. The van der Waals surface area contributed by atoms with E-state index < -0.39 is 0 Å². The van der Waals surface area contributed by atoms with Crippen LogP contribution in [-0.2, 0) is 11.3 Å². The van der Waals surface area contributed by atoms with Crippen LogP contribution >= 0.6 is 12.2 Å². The molecule has 0 aliphatic rings. The van der Waals surface area contributed by atoms with E-state index in [0.29, 0.717) is 5.69 Å². The highest BCUT2D eigenvalue weighted by atomic mass is 32.1. The molecule has 14 heavy (non-hydrogen) atoms. The number of thiocarbonyl (C=S) groups is 1. The molecule has 0 fully saturated rings. The van der Waals surface area contributed by atoms with Crippen LogP contribution in [-0.4, -0.2) is 27.1 Å². The van der Waals surface area contributed by atoms with Crippen molar-refractivity contribution in [1.29, 1.82) is 0 Å². The number of nitrogens with two attached hydrogens (primary N) is 1. The van der Waals surface area contributed by atoms with Gasteiger partial charge >= 0.3 is 0 Å². The zero-order valence-corrected chi connectivity index (χ0v) is 9.34. The molecule has 1 atom stereocenters. The Morgan fingerprint density at radius 1 is 1.71 bits per heavy atom. The number of nitrogens with zero attached hydrogens (tertiary/aromatic N) is 3. The monoisotopic (exact) mass is 214 g/mol. The molecule has 0 saturated carbocycles. The molecule has 0 aliphatic heterocycles. The van der Waals surface area contributed by atoms with Gasteiger partial charge in [-0.25, -0.2) is 4.68 Å². The van der Waals surface area contributed by atoms with E-state index in [9.17, 15) is 0 Å². The molecular formula is C8H14N4OS. The first-order chi connectivity index (χ1) is 6.61. The summed E-state index contributed by atoms with van der Waals surface area (Å²) in [6.07, 6.45) is -0.110. The van der Waals surface area contributed by atoms with Crippen LogP contribution in [0.15, 0.2) is 0 Å². The van der Waals surface area contributed by atoms with Crippen molar-refractivity contribution in [3.8, 4) is 0 Å². The minimum atomic E-state index is -0.110. The SMILES string of the molecule is CCn1nnc(C(N)=S)c1C(C)OC. The normalized spacial score (nSPS) is 12.8. The van der Waals surface area contributed by atoms with Crippen LogP contribution in [0, 0.1) is 0 Å². The molecule has 5 nitrogen and oxygen atoms in total. The van der Waals surface area contributed by atoms with Gasteiger partial charge in [-0.1, -0.05) is 17.4 Å². The zero-order valence-electron chi connectivity index (χ0n) is 8.52. The molecule has 0 aliphatic carbocycles. The van der Waals surface area contributed by atoms with Crippen LogP contribution in [0.5, 0.6) is 0 Å². The summed E-state index contributed by atoms with van der Waals surface area (Å²) in [6, 6.07) is 0. The summed E-state index contributed by atoms with van der Waals surface area (Å²) in [5.74, 6) is 0. The Balaban J connectivity index is 3.19. The summed E-state index contributed by atoms with van der Waals surface area (Å²) in [6.45, 7) is 4.61. The molecule has 1 aromatic rings.